The van der Waals surface area contributed by atoms with Gasteiger partial charge in [-0.05, 0) is 19.5 Å². The smallest absolute Gasteiger partial charge is 0.289 e. The molecule has 0 fully saturated rings. The number of carbonyl (C=O) groups excluding carboxylic acids is 1. The molecule has 0 aliphatic rings. The highest BCUT2D eigenvalue weighted by molar-refractivity contribution is 5.91. The Morgan fingerprint density at radius 3 is 3.07 bits per heavy atom. The predicted octanol–water partition coefficient (Wildman–Crippen LogP) is 0.404. The van der Waals surface area contributed by atoms with Crippen molar-refractivity contribution in [3.63, 3.8) is 0 Å². The molecule has 1 amide bonds. The lowest BCUT2D eigenvalue weighted by atomic mass is 10.4. The van der Waals surface area contributed by atoms with Crippen molar-refractivity contribution >= 4 is 5.91 Å². The molecule has 78 valence electrons. The van der Waals surface area contributed by atoms with Gasteiger partial charge in [-0.3, -0.25) is 4.79 Å². The predicted molar refractivity (Wildman–Crippen MR) is 52.0 cm³/mol. The zero-order valence-corrected chi connectivity index (χ0v) is 8.25. The van der Waals surface area contributed by atoms with E-state index < -0.39 is 0 Å². The van der Waals surface area contributed by atoms with E-state index >= 15 is 0 Å². The molecule has 0 spiro atoms. The minimum absolute atomic E-state index is 0.209. The van der Waals surface area contributed by atoms with Gasteiger partial charge in [-0.2, -0.15) is 0 Å². The Balaban J connectivity index is 2.10. The zero-order chi connectivity index (χ0) is 10.2. The van der Waals surface area contributed by atoms with E-state index in [0.29, 0.717) is 6.54 Å². The Bertz CT molecular complexity index is 259. The average molecular weight is 197 g/mol. The fourth-order valence-corrected chi connectivity index (χ4v) is 1.01. The maximum Gasteiger partial charge on any atom is 0.289 e. The lowest BCUT2D eigenvalue weighted by molar-refractivity contribution is 0.0916. The maximum absolute atomic E-state index is 11.3. The molecule has 5 heteroatoms. The molecule has 0 saturated heterocycles. The van der Waals surface area contributed by atoms with Crippen molar-refractivity contribution in [3.05, 3.63) is 18.0 Å². The zero-order valence-electron chi connectivity index (χ0n) is 8.25. The van der Waals surface area contributed by atoms with Crippen molar-refractivity contribution in [1.29, 1.82) is 0 Å². The quantitative estimate of drug-likeness (QED) is 0.648. The van der Waals surface area contributed by atoms with Crippen LogP contribution in [0.2, 0.25) is 0 Å². The Labute approximate surface area is 82.8 Å². The second-order valence-corrected chi connectivity index (χ2v) is 2.84. The van der Waals surface area contributed by atoms with E-state index in [9.17, 15) is 4.79 Å². The Hall–Kier alpha value is -1.36. The van der Waals surface area contributed by atoms with E-state index in [1.807, 2.05) is 6.92 Å². The van der Waals surface area contributed by atoms with Gasteiger partial charge in [-0.15, -0.1) is 0 Å². The summed E-state index contributed by atoms with van der Waals surface area (Å²) in [4.78, 5) is 11.3. The van der Waals surface area contributed by atoms with Crippen LogP contribution in [0.15, 0.2) is 16.8 Å². The third-order valence-corrected chi connectivity index (χ3v) is 1.73. The average Bonchev–Trinajstić information content (AvgIpc) is 2.70. The number of carbonyl (C=O) groups is 1. The summed E-state index contributed by atoms with van der Waals surface area (Å²) >= 11 is 0. The minimum Gasteiger partial charge on any atom is -0.351 e. The van der Waals surface area contributed by atoms with Crippen molar-refractivity contribution in [2.45, 2.75) is 13.3 Å². The van der Waals surface area contributed by atoms with Gasteiger partial charge in [0.05, 0.1) is 6.20 Å². The van der Waals surface area contributed by atoms with Crippen LogP contribution in [0.1, 0.15) is 23.9 Å². The number of nitrogens with one attached hydrogen (secondary N) is 2. The molecular formula is C9H15N3O2. The first kappa shape index (κ1) is 10.7. The number of nitrogens with zero attached hydrogens (tertiary/aromatic N) is 1. The van der Waals surface area contributed by atoms with E-state index in [1.165, 1.54) is 6.20 Å². The van der Waals surface area contributed by atoms with Crippen molar-refractivity contribution < 1.29 is 9.32 Å². The molecule has 0 aliphatic carbocycles. The first-order chi connectivity index (χ1) is 6.84. The molecule has 5 nitrogen and oxygen atoms in total. The molecule has 1 heterocycles. The fraction of sp³-hybridized carbons (Fsp3) is 0.556. The second-order valence-electron chi connectivity index (χ2n) is 2.84. The van der Waals surface area contributed by atoms with Gasteiger partial charge in [0.25, 0.3) is 5.91 Å². The molecule has 1 aromatic rings. The lowest BCUT2D eigenvalue weighted by Gasteiger charge is -2.02. The third kappa shape index (κ3) is 3.57. The summed E-state index contributed by atoms with van der Waals surface area (Å²) in [5.41, 5.74) is 0. The highest BCUT2D eigenvalue weighted by Crippen LogP contribution is 1.95. The minimum atomic E-state index is -0.209. The van der Waals surface area contributed by atoms with Crippen LogP contribution in [0.5, 0.6) is 0 Å². The summed E-state index contributed by atoms with van der Waals surface area (Å²) in [5, 5.41) is 9.35. The van der Waals surface area contributed by atoms with Crippen LogP contribution >= 0.6 is 0 Å². The summed E-state index contributed by atoms with van der Waals surface area (Å²) in [6.45, 7) is 4.56. The Morgan fingerprint density at radius 1 is 1.57 bits per heavy atom. The summed E-state index contributed by atoms with van der Waals surface area (Å²) < 4.78 is 4.70. The highest BCUT2D eigenvalue weighted by Gasteiger charge is 2.07. The topological polar surface area (TPSA) is 67.2 Å². The molecule has 0 saturated carbocycles. The van der Waals surface area contributed by atoms with E-state index in [0.717, 1.165) is 19.5 Å². The normalized spacial score (nSPS) is 10.1. The van der Waals surface area contributed by atoms with E-state index in [1.54, 1.807) is 6.07 Å². The van der Waals surface area contributed by atoms with Crippen LogP contribution in [0.25, 0.3) is 0 Å². The molecule has 0 atom stereocenters. The number of rotatable bonds is 6. The third-order valence-electron chi connectivity index (χ3n) is 1.73. The Kier molecular flexibility index (Phi) is 4.71. The van der Waals surface area contributed by atoms with Gasteiger partial charge in [0, 0.05) is 12.6 Å². The lowest BCUT2D eigenvalue weighted by Crippen LogP contribution is -2.26. The van der Waals surface area contributed by atoms with Crippen LogP contribution in [0, 0.1) is 0 Å². The standard InChI is InChI=1S/C9H15N3O2/c1-2-10-5-3-6-11-9(13)8-4-7-12-14-8/h4,7,10H,2-3,5-6H2,1H3,(H,11,13). The van der Waals surface area contributed by atoms with E-state index in [-0.39, 0.29) is 11.7 Å². The molecule has 0 bridgehead atoms. The molecule has 0 unspecified atom stereocenters. The summed E-state index contributed by atoms with van der Waals surface area (Å²) in [7, 11) is 0. The van der Waals surface area contributed by atoms with Crippen LogP contribution in [-0.4, -0.2) is 30.7 Å². The van der Waals surface area contributed by atoms with Gasteiger partial charge in [0.15, 0.2) is 0 Å². The summed E-state index contributed by atoms with van der Waals surface area (Å²) in [5.74, 6) is 0.0486. The van der Waals surface area contributed by atoms with E-state index in [2.05, 4.69) is 15.8 Å². The van der Waals surface area contributed by atoms with Gasteiger partial charge < -0.3 is 15.2 Å². The van der Waals surface area contributed by atoms with Gasteiger partial charge in [-0.25, -0.2) is 0 Å². The number of amides is 1. The Morgan fingerprint density at radius 2 is 2.43 bits per heavy atom. The molecule has 0 aromatic carbocycles. The van der Waals surface area contributed by atoms with Crippen LogP contribution < -0.4 is 10.6 Å². The van der Waals surface area contributed by atoms with Gasteiger partial charge in [0.2, 0.25) is 5.76 Å². The summed E-state index contributed by atoms with van der Waals surface area (Å²) in [6, 6.07) is 1.54. The molecule has 0 aliphatic heterocycles. The number of aromatic nitrogens is 1. The van der Waals surface area contributed by atoms with Crippen molar-refractivity contribution in [2.75, 3.05) is 19.6 Å². The molecule has 1 rings (SSSR count). The monoisotopic (exact) mass is 197 g/mol. The van der Waals surface area contributed by atoms with Crippen LogP contribution in [-0.2, 0) is 0 Å². The van der Waals surface area contributed by atoms with Gasteiger partial charge >= 0.3 is 0 Å². The highest BCUT2D eigenvalue weighted by atomic mass is 16.5. The van der Waals surface area contributed by atoms with E-state index in [4.69, 9.17) is 4.52 Å². The van der Waals surface area contributed by atoms with Crippen molar-refractivity contribution in [1.82, 2.24) is 15.8 Å². The number of hydrogen-bond donors (Lipinski definition) is 2. The maximum atomic E-state index is 11.3. The van der Waals surface area contributed by atoms with Crippen molar-refractivity contribution in [3.8, 4) is 0 Å². The fourth-order valence-electron chi connectivity index (χ4n) is 1.01. The largest absolute Gasteiger partial charge is 0.351 e. The van der Waals surface area contributed by atoms with Gasteiger partial charge in [-0.1, -0.05) is 12.1 Å². The SMILES string of the molecule is CCNCCCNC(=O)c1ccno1. The first-order valence-corrected chi connectivity index (χ1v) is 4.74. The molecule has 14 heavy (non-hydrogen) atoms. The van der Waals surface area contributed by atoms with Crippen LogP contribution in [0.4, 0.5) is 0 Å². The molecular weight excluding hydrogens is 182 g/mol. The first-order valence-electron chi connectivity index (χ1n) is 4.74. The number of hydrogen-bond acceptors (Lipinski definition) is 4. The van der Waals surface area contributed by atoms with Crippen molar-refractivity contribution in [2.24, 2.45) is 0 Å². The summed E-state index contributed by atoms with van der Waals surface area (Å²) in [6.07, 6.45) is 2.36. The van der Waals surface area contributed by atoms with Crippen LogP contribution in [0.3, 0.4) is 0 Å². The molecule has 2 N–H and O–H groups in total. The molecule has 1 aromatic heterocycles. The molecule has 0 radical (unpaired) electrons. The second kappa shape index (κ2) is 6.15. The van der Waals surface area contributed by atoms with Gasteiger partial charge in [0.1, 0.15) is 0 Å².